The van der Waals surface area contributed by atoms with Crippen molar-refractivity contribution in [3.05, 3.63) is 65.1 Å². The molecule has 1 aliphatic rings. The van der Waals surface area contributed by atoms with E-state index in [9.17, 15) is 9.59 Å². The van der Waals surface area contributed by atoms with Gasteiger partial charge < -0.3 is 15.8 Å². The Bertz CT molecular complexity index is 846. The number of hydrogen-bond acceptors (Lipinski definition) is 5. The number of nitrogens with two attached hydrogens (primary N) is 1. The predicted octanol–water partition coefficient (Wildman–Crippen LogP) is 3.08. The van der Waals surface area contributed by atoms with E-state index in [1.807, 2.05) is 48.5 Å². The van der Waals surface area contributed by atoms with Crippen LogP contribution in [0.25, 0.3) is 6.08 Å². The highest BCUT2D eigenvalue weighted by molar-refractivity contribution is 8.18. The van der Waals surface area contributed by atoms with E-state index in [4.69, 9.17) is 10.5 Å². The molecule has 3 N–H and O–H groups in total. The first-order chi connectivity index (χ1) is 12.1. The molecule has 1 fully saturated rings. The zero-order valence-electron chi connectivity index (χ0n) is 13.1. The average molecular weight is 353 g/mol. The zero-order chi connectivity index (χ0) is 17.6. The molecule has 0 radical (unpaired) electrons. The lowest BCUT2D eigenvalue weighted by Crippen LogP contribution is -2.19. The van der Waals surface area contributed by atoms with Gasteiger partial charge in [0.15, 0.2) is 6.61 Å². The van der Waals surface area contributed by atoms with Gasteiger partial charge in [-0.05, 0) is 47.7 Å². The number of carbonyl (C=O) groups is 2. The van der Waals surface area contributed by atoms with Gasteiger partial charge in [-0.1, -0.05) is 30.3 Å². The van der Waals surface area contributed by atoms with Crippen molar-refractivity contribution < 1.29 is 14.3 Å². The molecule has 0 atom stereocenters. The van der Waals surface area contributed by atoms with Gasteiger partial charge >= 0.3 is 0 Å². The minimum absolute atomic E-state index is 0.164. The second kappa shape index (κ2) is 7.67. The normalized spacial score (nSPS) is 16.9. The van der Waals surface area contributed by atoms with Gasteiger partial charge in [0.1, 0.15) is 11.6 Å². The quantitative estimate of drug-likeness (QED) is 0.864. The van der Waals surface area contributed by atoms with Crippen LogP contribution in [-0.2, 0) is 4.79 Å². The largest absolute Gasteiger partial charge is 0.484 e. The van der Waals surface area contributed by atoms with Crippen LogP contribution < -0.4 is 15.8 Å². The molecule has 6 nitrogen and oxygen atoms in total. The fourth-order valence-electron chi connectivity index (χ4n) is 2.11. The van der Waals surface area contributed by atoms with Crippen molar-refractivity contribution in [1.82, 2.24) is 5.32 Å². The highest BCUT2D eigenvalue weighted by Crippen LogP contribution is 2.28. The number of thioether (sulfide) groups is 1. The van der Waals surface area contributed by atoms with E-state index in [1.165, 1.54) is 0 Å². The molecule has 0 saturated carbocycles. The monoisotopic (exact) mass is 353 g/mol. The summed E-state index contributed by atoms with van der Waals surface area (Å²) in [5.74, 6) is 0.544. The highest BCUT2D eigenvalue weighted by Gasteiger charge is 2.23. The Morgan fingerprint density at radius 2 is 1.88 bits per heavy atom. The van der Waals surface area contributed by atoms with Gasteiger partial charge in [0.2, 0.25) is 0 Å². The van der Waals surface area contributed by atoms with Crippen molar-refractivity contribution in [3.8, 4) is 5.75 Å². The van der Waals surface area contributed by atoms with E-state index in [0.717, 1.165) is 27.9 Å². The van der Waals surface area contributed by atoms with Crippen LogP contribution in [0, 0.1) is 0 Å². The number of para-hydroxylation sites is 1. The minimum atomic E-state index is -0.528. The Balaban J connectivity index is 1.80. The van der Waals surface area contributed by atoms with E-state index >= 15 is 0 Å². The molecule has 1 aliphatic heterocycles. The number of primary amides is 1. The van der Waals surface area contributed by atoms with Gasteiger partial charge in [0, 0.05) is 0 Å². The second-order valence-electron chi connectivity index (χ2n) is 5.14. The fourth-order valence-corrected chi connectivity index (χ4v) is 2.85. The molecule has 0 aliphatic carbocycles. The Morgan fingerprint density at radius 3 is 2.56 bits per heavy atom. The van der Waals surface area contributed by atoms with Gasteiger partial charge in [-0.2, -0.15) is 0 Å². The topological polar surface area (TPSA) is 93.8 Å². The lowest BCUT2D eigenvalue weighted by atomic mass is 10.2. The first-order valence-electron chi connectivity index (χ1n) is 7.46. The summed E-state index contributed by atoms with van der Waals surface area (Å²) in [7, 11) is 0. The molecule has 2 amide bonds. The maximum atomic E-state index is 11.7. The average Bonchev–Trinajstić information content (AvgIpc) is 2.94. The summed E-state index contributed by atoms with van der Waals surface area (Å²) in [6, 6.07) is 16.5. The molecule has 0 spiro atoms. The molecule has 2 aromatic carbocycles. The number of aliphatic imine (C=N–C) groups is 1. The number of nitrogens with one attached hydrogen (secondary N) is 1. The van der Waals surface area contributed by atoms with Crippen LogP contribution in [0.15, 0.2) is 64.5 Å². The third kappa shape index (κ3) is 4.71. The predicted molar refractivity (Wildman–Crippen MR) is 98.8 cm³/mol. The molecule has 0 unspecified atom stereocenters. The van der Waals surface area contributed by atoms with Crippen LogP contribution in [0.4, 0.5) is 10.5 Å². The van der Waals surface area contributed by atoms with E-state index in [-0.39, 0.29) is 11.8 Å². The molecule has 25 heavy (non-hydrogen) atoms. The van der Waals surface area contributed by atoms with Gasteiger partial charge in [-0.15, -0.1) is 0 Å². The molecule has 1 saturated heterocycles. The van der Waals surface area contributed by atoms with E-state index in [2.05, 4.69) is 10.3 Å². The van der Waals surface area contributed by atoms with Gasteiger partial charge in [-0.25, -0.2) is 4.99 Å². The van der Waals surface area contributed by atoms with E-state index < -0.39 is 5.91 Å². The number of hydrogen-bond donors (Lipinski definition) is 2. The molecule has 7 heteroatoms. The molecule has 126 valence electrons. The summed E-state index contributed by atoms with van der Waals surface area (Å²) in [5.41, 5.74) is 6.69. The fraction of sp³-hybridized carbons (Fsp3) is 0.0556. The molecule has 2 aromatic rings. The van der Waals surface area contributed by atoms with Gasteiger partial charge in [0.25, 0.3) is 11.1 Å². The Morgan fingerprint density at radius 1 is 1.16 bits per heavy atom. The first-order valence-corrected chi connectivity index (χ1v) is 8.27. The Kier molecular flexibility index (Phi) is 5.15. The SMILES string of the molecule is NC(=O)COc1ccc(/C=C2\SC(=O)NC2=Nc2ccccc2)cc1. The summed E-state index contributed by atoms with van der Waals surface area (Å²) in [5, 5.41) is 2.58. The Hall–Kier alpha value is -3.06. The molecule has 3 rings (SSSR count). The maximum Gasteiger partial charge on any atom is 0.289 e. The standard InChI is InChI=1S/C18H15N3O3S/c19-16(22)11-24-14-8-6-12(7-9-14)10-15-17(21-18(23)25-15)20-13-4-2-1-3-5-13/h1-10H,11H2,(H2,19,22)(H,20,21,23)/b15-10-. The van der Waals surface area contributed by atoms with Crippen molar-refractivity contribution in [3.63, 3.8) is 0 Å². The smallest absolute Gasteiger partial charge is 0.289 e. The van der Waals surface area contributed by atoms with Crippen molar-refractivity contribution >= 4 is 40.5 Å². The number of nitrogens with zero attached hydrogens (tertiary/aromatic N) is 1. The van der Waals surface area contributed by atoms with Crippen LogP contribution in [0.5, 0.6) is 5.75 Å². The third-order valence-corrected chi connectivity index (χ3v) is 4.03. The van der Waals surface area contributed by atoms with Crippen molar-refractivity contribution in [2.24, 2.45) is 10.7 Å². The van der Waals surface area contributed by atoms with Crippen LogP contribution in [0.2, 0.25) is 0 Å². The van der Waals surface area contributed by atoms with Crippen LogP contribution in [0.3, 0.4) is 0 Å². The first kappa shape index (κ1) is 16.8. The van der Waals surface area contributed by atoms with E-state index in [1.54, 1.807) is 12.1 Å². The lowest BCUT2D eigenvalue weighted by Gasteiger charge is -2.04. The zero-order valence-corrected chi connectivity index (χ0v) is 14.0. The summed E-state index contributed by atoms with van der Waals surface area (Å²) in [6.45, 7) is -0.164. The molecular weight excluding hydrogens is 338 g/mol. The van der Waals surface area contributed by atoms with Gasteiger partial charge in [-0.3, -0.25) is 9.59 Å². The minimum Gasteiger partial charge on any atom is -0.484 e. The third-order valence-electron chi connectivity index (χ3n) is 3.21. The number of carbonyl (C=O) groups excluding carboxylic acids is 2. The van der Waals surface area contributed by atoms with Crippen LogP contribution >= 0.6 is 11.8 Å². The second-order valence-corrected chi connectivity index (χ2v) is 6.16. The number of rotatable bonds is 5. The molecule has 0 aromatic heterocycles. The highest BCUT2D eigenvalue weighted by atomic mass is 32.2. The van der Waals surface area contributed by atoms with Gasteiger partial charge in [0.05, 0.1) is 10.6 Å². The van der Waals surface area contributed by atoms with Crippen molar-refractivity contribution in [2.45, 2.75) is 0 Å². The summed E-state index contributed by atoms with van der Waals surface area (Å²) < 4.78 is 5.22. The van der Waals surface area contributed by atoms with Crippen LogP contribution in [-0.4, -0.2) is 23.6 Å². The molecule has 1 heterocycles. The summed E-state index contributed by atoms with van der Waals surface area (Å²) in [4.78, 5) is 27.6. The van der Waals surface area contributed by atoms with E-state index in [0.29, 0.717) is 11.6 Å². The summed E-state index contributed by atoms with van der Waals surface area (Å²) in [6.07, 6.45) is 1.86. The maximum absolute atomic E-state index is 11.7. The van der Waals surface area contributed by atoms with Crippen molar-refractivity contribution in [2.75, 3.05) is 6.61 Å². The lowest BCUT2D eigenvalue weighted by molar-refractivity contribution is -0.119. The Labute approximate surface area is 148 Å². The molecular formula is C18H15N3O3S. The summed E-state index contributed by atoms with van der Waals surface area (Å²) >= 11 is 1.09. The number of ether oxygens (including phenoxy) is 1. The number of benzene rings is 2. The number of amidine groups is 1. The molecule has 0 bridgehead atoms. The van der Waals surface area contributed by atoms with Crippen molar-refractivity contribution in [1.29, 1.82) is 0 Å². The van der Waals surface area contributed by atoms with Crippen LogP contribution in [0.1, 0.15) is 5.56 Å². The number of amides is 2.